The van der Waals surface area contributed by atoms with Crippen LogP contribution >= 0.6 is 28.3 Å². The van der Waals surface area contributed by atoms with E-state index >= 15 is 0 Å². The van der Waals surface area contributed by atoms with E-state index in [4.69, 9.17) is 5.73 Å². The standard InChI is InChI=1S/C12H16BrFN2O3S.ClH/c1-12(2,15)6-16-11(17)8-4-7(13)5-9(10(8)14)20(3,18)19;/h4-5H,6,15H2,1-3H3,(H,16,17);1H. The monoisotopic (exact) mass is 402 g/mol. The fourth-order valence-corrected chi connectivity index (χ4v) is 2.79. The van der Waals surface area contributed by atoms with Gasteiger partial charge in [0.25, 0.3) is 5.91 Å². The number of halogens is 3. The molecule has 0 saturated carbocycles. The zero-order chi connectivity index (χ0) is 15.7. The van der Waals surface area contributed by atoms with Gasteiger partial charge in [-0.1, -0.05) is 15.9 Å². The van der Waals surface area contributed by atoms with Crippen LogP contribution in [-0.2, 0) is 9.84 Å². The van der Waals surface area contributed by atoms with Gasteiger partial charge < -0.3 is 11.1 Å². The first-order chi connectivity index (χ1) is 8.92. The summed E-state index contributed by atoms with van der Waals surface area (Å²) in [7, 11) is -3.77. The molecule has 0 fully saturated rings. The van der Waals surface area contributed by atoms with E-state index in [1.165, 1.54) is 6.07 Å². The molecule has 1 aromatic carbocycles. The quantitative estimate of drug-likeness (QED) is 0.803. The Bertz CT molecular complexity index is 645. The first-order valence-corrected chi connectivity index (χ1v) is 8.36. The summed E-state index contributed by atoms with van der Waals surface area (Å²) < 4.78 is 37.4. The maximum atomic E-state index is 14.1. The van der Waals surface area contributed by atoms with Crippen LogP contribution in [0.25, 0.3) is 0 Å². The van der Waals surface area contributed by atoms with Crippen LogP contribution in [0.2, 0.25) is 0 Å². The maximum absolute atomic E-state index is 14.1. The molecule has 1 rings (SSSR count). The topological polar surface area (TPSA) is 89.3 Å². The average Bonchev–Trinajstić information content (AvgIpc) is 2.26. The van der Waals surface area contributed by atoms with Gasteiger partial charge in [0.05, 0.1) is 5.56 Å². The molecule has 0 radical (unpaired) electrons. The van der Waals surface area contributed by atoms with Crippen LogP contribution in [0.15, 0.2) is 21.5 Å². The largest absolute Gasteiger partial charge is 0.350 e. The summed E-state index contributed by atoms with van der Waals surface area (Å²) in [4.78, 5) is 11.4. The minimum absolute atomic E-state index is 0. The molecule has 9 heteroatoms. The highest BCUT2D eigenvalue weighted by Crippen LogP contribution is 2.24. The fraction of sp³-hybridized carbons (Fsp3) is 0.417. The summed E-state index contributed by atoms with van der Waals surface area (Å²) in [5, 5.41) is 2.47. The van der Waals surface area contributed by atoms with Gasteiger partial charge in [-0.25, -0.2) is 12.8 Å². The summed E-state index contributed by atoms with van der Waals surface area (Å²) in [6.45, 7) is 3.53. The third-order valence-corrected chi connectivity index (χ3v) is 3.91. The van der Waals surface area contributed by atoms with Crippen molar-refractivity contribution in [2.75, 3.05) is 12.8 Å². The number of benzene rings is 1. The molecule has 0 bridgehead atoms. The van der Waals surface area contributed by atoms with Gasteiger partial charge in [-0.15, -0.1) is 12.4 Å². The zero-order valence-corrected chi connectivity index (χ0v) is 15.0. The van der Waals surface area contributed by atoms with Crippen molar-refractivity contribution in [1.82, 2.24) is 5.32 Å². The number of nitrogens with one attached hydrogen (secondary N) is 1. The number of nitrogens with two attached hydrogens (primary N) is 1. The molecule has 1 aromatic rings. The van der Waals surface area contributed by atoms with Crippen molar-refractivity contribution in [2.45, 2.75) is 24.3 Å². The van der Waals surface area contributed by atoms with Gasteiger partial charge in [0, 0.05) is 22.8 Å². The zero-order valence-electron chi connectivity index (χ0n) is 11.7. The van der Waals surface area contributed by atoms with E-state index in [-0.39, 0.29) is 24.5 Å². The lowest BCUT2D eigenvalue weighted by Gasteiger charge is -2.19. The number of carbonyl (C=O) groups excluding carboxylic acids is 1. The van der Waals surface area contributed by atoms with Gasteiger partial charge in [0.1, 0.15) is 4.90 Å². The third kappa shape index (κ3) is 5.90. The van der Waals surface area contributed by atoms with Crippen molar-refractivity contribution in [3.8, 4) is 0 Å². The molecule has 120 valence electrons. The molecule has 0 aromatic heterocycles. The van der Waals surface area contributed by atoms with E-state index in [9.17, 15) is 17.6 Å². The number of hydrogen-bond donors (Lipinski definition) is 2. The summed E-state index contributed by atoms with van der Waals surface area (Å²) in [5.41, 5.74) is 4.72. The van der Waals surface area contributed by atoms with E-state index in [1.54, 1.807) is 13.8 Å². The van der Waals surface area contributed by atoms with Crippen molar-refractivity contribution in [1.29, 1.82) is 0 Å². The molecule has 0 aliphatic heterocycles. The molecule has 0 saturated heterocycles. The van der Waals surface area contributed by atoms with Crippen LogP contribution < -0.4 is 11.1 Å². The second kappa shape index (κ2) is 7.04. The molecule has 0 spiro atoms. The van der Waals surface area contributed by atoms with Crippen molar-refractivity contribution < 1.29 is 17.6 Å². The van der Waals surface area contributed by atoms with Crippen LogP contribution in [0, 0.1) is 5.82 Å². The second-order valence-corrected chi connectivity index (χ2v) is 8.11. The molecule has 1 amide bonds. The van der Waals surface area contributed by atoms with Crippen molar-refractivity contribution in [3.05, 3.63) is 28.0 Å². The SMILES string of the molecule is CC(C)(N)CNC(=O)c1cc(Br)cc(S(C)(=O)=O)c1F.Cl. The normalized spacial score (nSPS) is 11.7. The highest BCUT2D eigenvalue weighted by atomic mass is 79.9. The van der Waals surface area contributed by atoms with Crippen LogP contribution in [0.5, 0.6) is 0 Å². The minimum atomic E-state index is -3.77. The Morgan fingerprint density at radius 2 is 1.95 bits per heavy atom. The highest BCUT2D eigenvalue weighted by molar-refractivity contribution is 9.10. The van der Waals surface area contributed by atoms with Crippen LogP contribution in [0.4, 0.5) is 4.39 Å². The molecular weight excluding hydrogens is 387 g/mol. The van der Waals surface area contributed by atoms with Gasteiger partial charge in [-0.3, -0.25) is 4.79 Å². The van der Waals surface area contributed by atoms with Gasteiger partial charge in [-0.2, -0.15) is 0 Å². The van der Waals surface area contributed by atoms with E-state index in [1.807, 2.05) is 0 Å². The summed E-state index contributed by atoms with van der Waals surface area (Å²) in [6, 6.07) is 2.34. The Kier molecular flexibility index (Phi) is 6.81. The molecular formula is C12H17BrClFN2O3S. The first-order valence-electron chi connectivity index (χ1n) is 5.68. The molecule has 21 heavy (non-hydrogen) atoms. The highest BCUT2D eigenvalue weighted by Gasteiger charge is 2.23. The Balaban J connectivity index is 0.00000400. The fourth-order valence-electron chi connectivity index (χ4n) is 1.40. The predicted octanol–water partition coefficient (Wildman–Crippen LogP) is 1.88. The van der Waals surface area contributed by atoms with E-state index in [0.717, 1.165) is 12.3 Å². The van der Waals surface area contributed by atoms with Gasteiger partial charge >= 0.3 is 0 Å². The van der Waals surface area contributed by atoms with Crippen molar-refractivity contribution in [3.63, 3.8) is 0 Å². The lowest BCUT2D eigenvalue weighted by atomic mass is 10.1. The molecule has 3 N–H and O–H groups in total. The molecule has 0 aliphatic carbocycles. The Morgan fingerprint density at radius 1 is 1.43 bits per heavy atom. The Labute approximate surface area is 137 Å². The lowest BCUT2D eigenvalue weighted by molar-refractivity contribution is 0.0941. The predicted molar refractivity (Wildman–Crippen MR) is 85.1 cm³/mol. The second-order valence-electron chi connectivity index (χ2n) is 5.21. The number of hydrogen-bond acceptors (Lipinski definition) is 4. The smallest absolute Gasteiger partial charge is 0.254 e. The summed E-state index contributed by atoms with van der Waals surface area (Å²) >= 11 is 3.06. The average molecular weight is 404 g/mol. The Hall–Kier alpha value is -0.700. The maximum Gasteiger partial charge on any atom is 0.254 e. The number of sulfone groups is 1. The molecule has 0 aliphatic rings. The van der Waals surface area contributed by atoms with Crippen LogP contribution in [0.1, 0.15) is 24.2 Å². The minimum Gasteiger partial charge on any atom is -0.350 e. The summed E-state index contributed by atoms with van der Waals surface area (Å²) in [5.74, 6) is -1.78. The number of rotatable bonds is 4. The van der Waals surface area contributed by atoms with Crippen LogP contribution in [-0.4, -0.2) is 32.7 Å². The lowest BCUT2D eigenvalue weighted by Crippen LogP contribution is -2.45. The Morgan fingerprint density at radius 3 is 2.38 bits per heavy atom. The van der Waals surface area contributed by atoms with Crippen LogP contribution in [0.3, 0.4) is 0 Å². The van der Waals surface area contributed by atoms with Crippen molar-refractivity contribution >= 4 is 44.1 Å². The van der Waals surface area contributed by atoms with Gasteiger partial charge in [-0.05, 0) is 26.0 Å². The molecule has 0 atom stereocenters. The number of carbonyl (C=O) groups is 1. The number of amides is 1. The summed E-state index contributed by atoms with van der Waals surface area (Å²) in [6.07, 6.45) is 0.878. The van der Waals surface area contributed by atoms with E-state index < -0.39 is 32.0 Å². The molecule has 0 heterocycles. The third-order valence-electron chi connectivity index (χ3n) is 2.35. The van der Waals surface area contributed by atoms with Gasteiger partial charge in [0.2, 0.25) is 0 Å². The van der Waals surface area contributed by atoms with Gasteiger partial charge in [0.15, 0.2) is 15.7 Å². The molecule has 0 unspecified atom stereocenters. The van der Waals surface area contributed by atoms with E-state index in [0.29, 0.717) is 4.47 Å². The molecule has 5 nitrogen and oxygen atoms in total. The first kappa shape index (κ1) is 20.3. The van der Waals surface area contributed by atoms with Crippen molar-refractivity contribution in [2.24, 2.45) is 5.73 Å². The van der Waals surface area contributed by atoms with E-state index in [2.05, 4.69) is 21.2 Å².